The zero-order valence-corrected chi connectivity index (χ0v) is 16.7. The van der Waals surface area contributed by atoms with Gasteiger partial charge in [0.1, 0.15) is 0 Å². The van der Waals surface area contributed by atoms with Crippen molar-refractivity contribution in [2.75, 3.05) is 20.1 Å². The van der Waals surface area contributed by atoms with Crippen LogP contribution >= 0.6 is 0 Å². The molecule has 0 amide bonds. The molecule has 1 aliphatic rings. The highest BCUT2D eigenvalue weighted by atomic mass is 16.1. The molecule has 3 nitrogen and oxygen atoms in total. The van der Waals surface area contributed by atoms with Crippen molar-refractivity contribution in [2.24, 2.45) is 11.8 Å². The predicted octanol–water partition coefficient (Wildman–Crippen LogP) is 4.55. The molecule has 0 aromatic rings. The Morgan fingerprint density at radius 2 is 2.00 bits per heavy atom. The van der Waals surface area contributed by atoms with Gasteiger partial charge in [0.15, 0.2) is 5.78 Å². The molecule has 0 spiro atoms. The quantitative estimate of drug-likeness (QED) is 0.381. The maximum absolute atomic E-state index is 12.7. The highest BCUT2D eigenvalue weighted by Gasteiger charge is 2.26. The minimum Gasteiger partial charge on any atom is -0.388 e. The van der Waals surface area contributed by atoms with Crippen molar-refractivity contribution >= 4 is 5.78 Å². The summed E-state index contributed by atoms with van der Waals surface area (Å²) in [5, 5.41) is 3.20. The molecule has 3 unspecified atom stereocenters. The summed E-state index contributed by atoms with van der Waals surface area (Å²) in [6.07, 6.45) is 9.36. The van der Waals surface area contributed by atoms with E-state index in [2.05, 4.69) is 44.0 Å². The Kier molecular flexibility index (Phi) is 9.35. The van der Waals surface area contributed by atoms with E-state index in [-0.39, 0.29) is 5.78 Å². The lowest BCUT2D eigenvalue weighted by molar-refractivity contribution is -0.115. The van der Waals surface area contributed by atoms with Gasteiger partial charge in [0.25, 0.3) is 0 Å². The van der Waals surface area contributed by atoms with E-state index >= 15 is 0 Å². The van der Waals surface area contributed by atoms with Crippen LogP contribution in [0, 0.1) is 11.8 Å². The van der Waals surface area contributed by atoms with Crippen LogP contribution in [0.15, 0.2) is 23.4 Å². The van der Waals surface area contributed by atoms with Crippen LogP contribution in [0.4, 0.5) is 0 Å². The second kappa shape index (κ2) is 10.7. The van der Waals surface area contributed by atoms with Crippen LogP contribution in [0.3, 0.4) is 0 Å². The molecular formula is C21H38N2O. The molecule has 0 saturated carbocycles. The number of allylic oxidation sites excluding steroid dienone is 2. The Hall–Kier alpha value is -1.09. The first-order chi connectivity index (χ1) is 11.4. The number of carbonyl (C=O) groups is 1. The van der Waals surface area contributed by atoms with E-state index in [4.69, 9.17) is 0 Å². The van der Waals surface area contributed by atoms with Gasteiger partial charge in [0, 0.05) is 37.3 Å². The number of nitrogens with zero attached hydrogens (tertiary/aromatic N) is 1. The summed E-state index contributed by atoms with van der Waals surface area (Å²) in [5.41, 5.74) is 1.83. The summed E-state index contributed by atoms with van der Waals surface area (Å²) in [5.74, 6) is 1.80. The third-order valence-electron chi connectivity index (χ3n) is 5.51. The maximum Gasteiger partial charge on any atom is 0.164 e. The number of nitrogens with one attached hydrogen (secondary N) is 1. The third kappa shape index (κ3) is 6.08. The van der Waals surface area contributed by atoms with E-state index in [1.807, 2.05) is 20.0 Å². The molecule has 1 heterocycles. The first-order valence-corrected chi connectivity index (χ1v) is 9.78. The van der Waals surface area contributed by atoms with Gasteiger partial charge in [-0.15, -0.1) is 0 Å². The summed E-state index contributed by atoms with van der Waals surface area (Å²) in [4.78, 5) is 15.3. The minimum atomic E-state index is 0.274. The molecule has 0 bridgehead atoms. The smallest absolute Gasteiger partial charge is 0.164 e. The maximum atomic E-state index is 12.7. The molecule has 1 aliphatic heterocycles. The Labute approximate surface area is 149 Å². The van der Waals surface area contributed by atoms with Gasteiger partial charge < -0.3 is 5.32 Å². The van der Waals surface area contributed by atoms with Crippen LogP contribution in [0.2, 0.25) is 0 Å². The van der Waals surface area contributed by atoms with E-state index in [0.717, 1.165) is 55.5 Å². The zero-order chi connectivity index (χ0) is 18.1. The molecule has 24 heavy (non-hydrogen) atoms. The van der Waals surface area contributed by atoms with E-state index in [1.165, 1.54) is 6.42 Å². The van der Waals surface area contributed by atoms with Gasteiger partial charge >= 0.3 is 0 Å². The number of carbonyl (C=O) groups excluding carboxylic acids is 1. The largest absolute Gasteiger partial charge is 0.388 e. The predicted molar refractivity (Wildman–Crippen MR) is 104 cm³/mol. The van der Waals surface area contributed by atoms with Crippen molar-refractivity contribution in [3.8, 4) is 0 Å². The Balaban J connectivity index is 2.88. The molecule has 0 radical (unpaired) electrons. The number of hydrogen-bond donors (Lipinski definition) is 1. The van der Waals surface area contributed by atoms with Crippen molar-refractivity contribution in [1.82, 2.24) is 10.2 Å². The van der Waals surface area contributed by atoms with Gasteiger partial charge in [-0.1, -0.05) is 45.8 Å². The topological polar surface area (TPSA) is 32.3 Å². The number of ketones is 1. The van der Waals surface area contributed by atoms with Crippen molar-refractivity contribution in [3.05, 3.63) is 23.4 Å². The van der Waals surface area contributed by atoms with Crippen molar-refractivity contribution in [1.29, 1.82) is 0 Å². The van der Waals surface area contributed by atoms with Crippen LogP contribution in [-0.2, 0) is 4.79 Å². The molecule has 138 valence electrons. The normalized spacial score (nSPS) is 24.8. The van der Waals surface area contributed by atoms with E-state index in [0.29, 0.717) is 12.5 Å². The summed E-state index contributed by atoms with van der Waals surface area (Å²) in [6.45, 7) is 13.3. The average Bonchev–Trinajstić information content (AvgIpc) is 2.57. The van der Waals surface area contributed by atoms with Gasteiger partial charge in [-0.2, -0.15) is 0 Å². The number of piperidine rings is 1. The molecule has 3 atom stereocenters. The zero-order valence-electron chi connectivity index (χ0n) is 16.7. The highest BCUT2D eigenvalue weighted by molar-refractivity contribution is 5.99. The lowest BCUT2D eigenvalue weighted by atomic mass is 9.87. The van der Waals surface area contributed by atoms with Crippen molar-refractivity contribution < 1.29 is 4.79 Å². The number of likely N-dealkylation sites (N-methyl/N-ethyl adjacent to an activating group) is 1. The van der Waals surface area contributed by atoms with Gasteiger partial charge in [0.05, 0.1) is 0 Å². The second-order valence-electron chi connectivity index (χ2n) is 7.39. The average molecular weight is 335 g/mol. The van der Waals surface area contributed by atoms with Gasteiger partial charge in [-0.05, 0) is 45.1 Å². The second-order valence-corrected chi connectivity index (χ2v) is 7.39. The van der Waals surface area contributed by atoms with Crippen LogP contribution in [-0.4, -0.2) is 36.9 Å². The molecule has 0 aromatic carbocycles. The molecule has 1 rings (SSSR count). The Morgan fingerprint density at radius 1 is 1.29 bits per heavy atom. The lowest BCUT2D eigenvalue weighted by Gasteiger charge is -2.38. The van der Waals surface area contributed by atoms with Gasteiger partial charge in [-0.3, -0.25) is 9.69 Å². The number of likely N-dealkylation sites (tertiary alicyclic amines) is 1. The number of unbranched alkanes of at least 4 members (excludes halogenated alkanes) is 2. The molecule has 1 fully saturated rings. The molecule has 0 aromatic heterocycles. The monoisotopic (exact) mass is 334 g/mol. The Bertz CT molecular complexity index is 453. The van der Waals surface area contributed by atoms with Crippen LogP contribution in [0.5, 0.6) is 0 Å². The molecule has 0 aliphatic carbocycles. The first-order valence-electron chi connectivity index (χ1n) is 9.78. The number of hydrogen-bond acceptors (Lipinski definition) is 3. The summed E-state index contributed by atoms with van der Waals surface area (Å²) in [7, 11) is 1.90. The van der Waals surface area contributed by atoms with E-state index < -0.39 is 0 Å². The summed E-state index contributed by atoms with van der Waals surface area (Å²) >= 11 is 0. The molecular weight excluding hydrogens is 296 g/mol. The molecule has 3 heteroatoms. The SMILES string of the molecule is C/C=C(NC)\C(=C/C(C)N1CCC(C)C(C)C1)C(=O)CCCCC. The van der Waals surface area contributed by atoms with E-state index in [9.17, 15) is 4.79 Å². The van der Waals surface area contributed by atoms with Gasteiger partial charge in [-0.25, -0.2) is 0 Å². The van der Waals surface area contributed by atoms with Gasteiger partial charge in [0.2, 0.25) is 0 Å². The summed E-state index contributed by atoms with van der Waals surface area (Å²) < 4.78 is 0. The number of Topliss-reactive ketones (excluding diaryl/α,β-unsaturated/α-hetero) is 1. The van der Waals surface area contributed by atoms with Crippen molar-refractivity contribution in [2.45, 2.75) is 72.8 Å². The van der Waals surface area contributed by atoms with Crippen LogP contribution in [0.25, 0.3) is 0 Å². The van der Waals surface area contributed by atoms with Crippen LogP contribution in [0.1, 0.15) is 66.7 Å². The highest BCUT2D eigenvalue weighted by Crippen LogP contribution is 2.25. The van der Waals surface area contributed by atoms with Crippen molar-refractivity contribution in [3.63, 3.8) is 0 Å². The van der Waals surface area contributed by atoms with Crippen LogP contribution < -0.4 is 5.32 Å². The first kappa shape index (κ1) is 21.0. The lowest BCUT2D eigenvalue weighted by Crippen LogP contribution is -2.43. The molecule has 1 N–H and O–H groups in total. The fourth-order valence-electron chi connectivity index (χ4n) is 3.45. The fourth-order valence-corrected chi connectivity index (χ4v) is 3.45. The minimum absolute atomic E-state index is 0.274. The third-order valence-corrected chi connectivity index (χ3v) is 5.51. The Morgan fingerprint density at radius 3 is 2.54 bits per heavy atom. The molecule has 1 saturated heterocycles. The number of rotatable bonds is 9. The van der Waals surface area contributed by atoms with E-state index in [1.54, 1.807) is 0 Å². The fraction of sp³-hybridized carbons (Fsp3) is 0.762. The summed E-state index contributed by atoms with van der Waals surface area (Å²) in [6, 6.07) is 0.299. The standard InChI is InChI=1S/C21H38N2O/c1-7-9-10-11-21(24)19(20(8-2)22-6)14-18(5)23-13-12-16(3)17(4)15-23/h8,14,16-18,22H,7,9-13,15H2,1-6H3/b19-14+,20-8+.